The van der Waals surface area contributed by atoms with Gasteiger partial charge in [-0.2, -0.15) is 0 Å². The van der Waals surface area contributed by atoms with Gasteiger partial charge < -0.3 is 0 Å². The lowest BCUT2D eigenvalue weighted by atomic mass is 10.1. The van der Waals surface area contributed by atoms with Crippen LogP contribution in [0.4, 0.5) is 0 Å². The Labute approximate surface area is 102 Å². The molecule has 0 spiro atoms. The molecule has 0 saturated carbocycles. The summed E-state index contributed by atoms with van der Waals surface area (Å²) < 4.78 is 0.917. The number of carbonyl (C=O) groups is 1. The zero-order valence-corrected chi connectivity index (χ0v) is 10.1. The molecule has 0 radical (unpaired) electrons. The van der Waals surface area contributed by atoms with Crippen molar-refractivity contribution in [2.45, 2.75) is 10.8 Å². The van der Waals surface area contributed by atoms with E-state index >= 15 is 0 Å². The van der Waals surface area contributed by atoms with Gasteiger partial charge in [-0.1, -0.05) is 53.4 Å². The van der Waals surface area contributed by atoms with E-state index < -0.39 is 0 Å². The monoisotopic (exact) mass is 250 g/mol. The van der Waals surface area contributed by atoms with E-state index in [9.17, 15) is 4.79 Å². The smallest absolute Gasteiger partial charge is 0.174 e. The molecule has 0 saturated heterocycles. The number of hydrogen-bond acceptors (Lipinski definition) is 5. The summed E-state index contributed by atoms with van der Waals surface area (Å²) in [7, 11) is 0. The fourth-order valence-electron chi connectivity index (χ4n) is 1.23. The number of Topliss-reactive ketones (excluding diaryl/α,β-unsaturated/α-hetero) is 1. The molecule has 0 aliphatic rings. The summed E-state index contributed by atoms with van der Waals surface area (Å²) in [6.07, 6.45) is 0.536. The van der Waals surface area contributed by atoms with Crippen molar-refractivity contribution in [3.05, 3.63) is 41.4 Å². The minimum atomic E-state index is 0.178. The summed E-state index contributed by atoms with van der Waals surface area (Å²) in [6.45, 7) is 0. The van der Waals surface area contributed by atoms with Crippen molar-refractivity contribution in [1.29, 1.82) is 0 Å². The van der Waals surface area contributed by atoms with E-state index in [2.05, 4.69) is 10.2 Å². The van der Waals surface area contributed by atoms with Gasteiger partial charge in [-0.15, -0.1) is 10.2 Å². The van der Waals surface area contributed by atoms with Crippen LogP contribution < -0.4 is 0 Å². The van der Waals surface area contributed by atoms with Crippen LogP contribution in [0.25, 0.3) is 0 Å². The number of benzene rings is 1. The third-order valence-corrected chi connectivity index (χ3v) is 3.85. The second-order valence-corrected chi connectivity index (χ2v) is 5.27. The molecule has 1 heterocycles. The van der Waals surface area contributed by atoms with Crippen LogP contribution in [0.5, 0.6) is 0 Å². The zero-order chi connectivity index (χ0) is 11.2. The van der Waals surface area contributed by atoms with Gasteiger partial charge in [0.1, 0.15) is 5.51 Å². The van der Waals surface area contributed by atoms with Crippen molar-refractivity contribution in [1.82, 2.24) is 10.2 Å². The molecule has 16 heavy (non-hydrogen) atoms. The van der Waals surface area contributed by atoms with Gasteiger partial charge in [0.2, 0.25) is 0 Å². The number of aromatic nitrogens is 2. The highest BCUT2D eigenvalue weighted by molar-refractivity contribution is 8.01. The normalized spacial score (nSPS) is 10.2. The van der Waals surface area contributed by atoms with E-state index in [1.54, 1.807) is 17.3 Å². The summed E-state index contributed by atoms with van der Waals surface area (Å²) in [5, 5.41) is 7.65. The Bertz CT molecular complexity index is 442. The Kier molecular flexibility index (Phi) is 4.07. The maximum Gasteiger partial charge on any atom is 0.174 e. The summed E-state index contributed by atoms with van der Waals surface area (Å²) >= 11 is 3.07. The topological polar surface area (TPSA) is 42.9 Å². The van der Waals surface area contributed by atoms with E-state index in [1.165, 1.54) is 11.3 Å². The lowest BCUT2D eigenvalue weighted by Crippen LogP contribution is -1.99. The first-order chi connectivity index (χ1) is 7.86. The molecule has 0 fully saturated rings. The number of thioether (sulfide) groups is 1. The molecule has 0 N–H and O–H groups in total. The maximum absolute atomic E-state index is 11.7. The van der Waals surface area contributed by atoms with E-state index in [4.69, 9.17) is 0 Å². The Hall–Kier alpha value is -1.20. The first kappa shape index (κ1) is 11.3. The third-order valence-electron chi connectivity index (χ3n) is 1.99. The van der Waals surface area contributed by atoms with Crippen LogP contribution in [0.15, 0.2) is 40.2 Å². The zero-order valence-electron chi connectivity index (χ0n) is 8.50. The fourth-order valence-corrected chi connectivity index (χ4v) is 2.72. The van der Waals surface area contributed by atoms with Crippen LogP contribution >= 0.6 is 23.1 Å². The van der Waals surface area contributed by atoms with Crippen molar-refractivity contribution in [3.63, 3.8) is 0 Å². The van der Waals surface area contributed by atoms with Crippen LogP contribution in [0.3, 0.4) is 0 Å². The van der Waals surface area contributed by atoms with Crippen molar-refractivity contribution in [2.75, 3.05) is 5.75 Å². The predicted molar refractivity (Wildman–Crippen MR) is 66.0 cm³/mol. The minimum Gasteiger partial charge on any atom is -0.294 e. The van der Waals surface area contributed by atoms with Crippen LogP contribution in [-0.2, 0) is 0 Å². The van der Waals surface area contributed by atoms with Gasteiger partial charge in [0.05, 0.1) is 0 Å². The quantitative estimate of drug-likeness (QED) is 0.604. The van der Waals surface area contributed by atoms with E-state index in [-0.39, 0.29) is 5.78 Å². The molecule has 3 nitrogen and oxygen atoms in total. The Morgan fingerprint density at radius 2 is 2.12 bits per heavy atom. The van der Waals surface area contributed by atoms with Crippen molar-refractivity contribution in [2.24, 2.45) is 0 Å². The highest BCUT2D eigenvalue weighted by atomic mass is 32.2. The van der Waals surface area contributed by atoms with Gasteiger partial charge >= 0.3 is 0 Å². The highest BCUT2D eigenvalue weighted by Gasteiger charge is 2.05. The number of ketones is 1. The van der Waals surface area contributed by atoms with Crippen LogP contribution in [0, 0.1) is 0 Å². The molecular weight excluding hydrogens is 240 g/mol. The number of hydrogen-bond donors (Lipinski definition) is 0. The van der Waals surface area contributed by atoms with Crippen LogP contribution in [-0.4, -0.2) is 21.7 Å². The average Bonchev–Trinajstić information content (AvgIpc) is 2.83. The van der Waals surface area contributed by atoms with Crippen LogP contribution in [0.1, 0.15) is 16.8 Å². The minimum absolute atomic E-state index is 0.178. The van der Waals surface area contributed by atoms with Crippen molar-refractivity contribution in [3.8, 4) is 0 Å². The molecule has 1 aromatic carbocycles. The standard InChI is InChI=1S/C11H10N2OS2/c14-10(9-4-2-1-3-5-9)6-7-15-11-13-12-8-16-11/h1-5,8H,6-7H2. The summed E-state index contributed by atoms with van der Waals surface area (Å²) in [5.41, 5.74) is 2.47. The molecule has 0 bridgehead atoms. The lowest BCUT2D eigenvalue weighted by Gasteiger charge is -1.98. The molecule has 0 aliphatic carbocycles. The van der Waals surface area contributed by atoms with Crippen molar-refractivity contribution < 1.29 is 4.79 Å². The Morgan fingerprint density at radius 1 is 1.31 bits per heavy atom. The highest BCUT2D eigenvalue weighted by Crippen LogP contribution is 2.20. The summed E-state index contributed by atoms with van der Waals surface area (Å²) in [4.78, 5) is 11.7. The molecule has 0 unspecified atom stereocenters. The lowest BCUT2D eigenvalue weighted by molar-refractivity contribution is 0.0989. The molecule has 82 valence electrons. The SMILES string of the molecule is O=C(CCSc1nncs1)c1ccccc1. The predicted octanol–water partition coefficient (Wildman–Crippen LogP) is 2.90. The number of rotatable bonds is 5. The summed E-state index contributed by atoms with van der Waals surface area (Å²) in [6, 6.07) is 9.36. The summed E-state index contributed by atoms with van der Waals surface area (Å²) in [5.74, 6) is 0.931. The van der Waals surface area contributed by atoms with E-state index in [0.29, 0.717) is 6.42 Å². The molecule has 0 atom stereocenters. The van der Waals surface area contributed by atoms with Gasteiger partial charge in [-0.3, -0.25) is 4.79 Å². The second-order valence-electron chi connectivity index (χ2n) is 3.09. The van der Waals surface area contributed by atoms with Gasteiger partial charge in [-0.25, -0.2) is 0 Å². The molecule has 5 heteroatoms. The molecule has 1 aromatic heterocycles. The molecule has 2 rings (SSSR count). The Balaban J connectivity index is 1.81. The van der Waals surface area contributed by atoms with Gasteiger partial charge in [-0.05, 0) is 0 Å². The largest absolute Gasteiger partial charge is 0.294 e. The molecule has 0 amide bonds. The van der Waals surface area contributed by atoms with Crippen LogP contribution in [0.2, 0.25) is 0 Å². The fraction of sp³-hybridized carbons (Fsp3) is 0.182. The van der Waals surface area contributed by atoms with Crippen molar-refractivity contribution >= 4 is 28.9 Å². The average molecular weight is 250 g/mol. The number of carbonyl (C=O) groups excluding carboxylic acids is 1. The van der Waals surface area contributed by atoms with E-state index in [1.807, 2.05) is 30.3 Å². The second kappa shape index (κ2) is 5.77. The van der Waals surface area contributed by atoms with Gasteiger partial charge in [0.25, 0.3) is 0 Å². The Morgan fingerprint density at radius 3 is 2.81 bits per heavy atom. The molecule has 2 aromatic rings. The maximum atomic E-state index is 11.7. The third kappa shape index (κ3) is 3.15. The first-order valence-electron chi connectivity index (χ1n) is 4.83. The van der Waals surface area contributed by atoms with Gasteiger partial charge in [0.15, 0.2) is 10.1 Å². The number of nitrogens with zero attached hydrogens (tertiary/aromatic N) is 2. The first-order valence-corrected chi connectivity index (χ1v) is 6.70. The molecular formula is C11H10N2OS2. The molecule has 0 aliphatic heterocycles. The van der Waals surface area contributed by atoms with Gasteiger partial charge in [0, 0.05) is 17.7 Å². The van der Waals surface area contributed by atoms with E-state index in [0.717, 1.165) is 15.7 Å².